The van der Waals surface area contributed by atoms with Crippen molar-refractivity contribution < 1.29 is 17.9 Å². The van der Waals surface area contributed by atoms with Gasteiger partial charge < -0.3 is 15.4 Å². The van der Waals surface area contributed by atoms with Crippen molar-refractivity contribution in [1.29, 1.82) is 0 Å². The van der Waals surface area contributed by atoms with Gasteiger partial charge in [-0.1, -0.05) is 29.8 Å². The summed E-state index contributed by atoms with van der Waals surface area (Å²) in [5.41, 5.74) is 7.64. The molecule has 2 aromatic carbocycles. The molecule has 11 heteroatoms. The van der Waals surface area contributed by atoms with E-state index in [1.54, 1.807) is 30.8 Å². The SMILES string of the molecule is Cc1cc(CO)c(Cl)c(S(=O)(=O)Nc2cccc(-c3cn(C)c4ncnc(N)c34)c2F)c1. The number of halogens is 2. The number of aliphatic hydroxyl groups excluding tert-OH is 1. The Kier molecular flexibility index (Phi) is 5.53. The lowest BCUT2D eigenvalue weighted by molar-refractivity contribution is 0.281. The third-order valence-corrected chi connectivity index (χ3v) is 6.98. The van der Waals surface area contributed by atoms with E-state index in [1.807, 2.05) is 0 Å². The maximum absolute atomic E-state index is 15.5. The number of nitrogens with two attached hydrogens (primary N) is 1. The summed E-state index contributed by atoms with van der Waals surface area (Å²) >= 11 is 6.18. The number of hydrogen-bond donors (Lipinski definition) is 3. The predicted octanol–water partition coefficient (Wildman–Crippen LogP) is 3.61. The molecule has 0 bridgehead atoms. The van der Waals surface area contributed by atoms with E-state index in [9.17, 15) is 13.5 Å². The van der Waals surface area contributed by atoms with Gasteiger partial charge in [0.05, 0.1) is 22.7 Å². The molecule has 0 amide bonds. The molecule has 4 aromatic rings. The Hall–Kier alpha value is -3.21. The number of aryl methyl sites for hydroxylation is 2. The monoisotopic (exact) mass is 475 g/mol. The lowest BCUT2D eigenvalue weighted by atomic mass is 10.0. The lowest BCUT2D eigenvalue weighted by Crippen LogP contribution is -2.15. The molecule has 0 radical (unpaired) electrons. The maximum Gasteiger partial charge on any atom is 0.263 e. The predicted molar refractivity (Wildman–Crippen MR) is 121 cm³/mol. The van der Waals surface area contributed by atoms with Crippen LogP contribution in [0.3, 0.4) is 0 Å². The third-order valence-electron chi connectivity index (χ3n) is 5.03. The number of nitrogens with zero attached hydrogens (tertiary/aromatic N) is 3. The van der Waals surface area contributed by atoms with E-state index in [0.717, 1.165) is 0 Å². The van der Waals surface area contributed by atoms with Crippen molar-refractivity contribution in [2.24, 2.45) is 7.05 Å². The maximum atomic E-state index is 15.5. The fourth-order valence-electron chi connectivity index (χ4n) is 3.58. The molecule has 0 unspecified atom stereocenters. The first kappa shape index (κ1) is 22.0. The fourth-order valence-corrected chi connectivity index (χ4v) is 5.31. The first-order chi connectivity index (χ1) is 15.1. The highest BCUT2D eigenvalue weighted by Crippen LogP contribution is 2.36. The number of hydrogen-bond acceptors (Lipinski definition) is 6. The number of aromatic nitrogens is 3. The number of sulfonamides is 1. The van der Waals surface area contributed by atoms with Crippen molar-refractivity contribution in [3.63, 3.8) is 0 Å². The quantitative estimate of drug-likeness (QED) is 0.405. The molecule has 0 saturated carbocycles. The van der Waals surface area contributed by atoms with Crippen molar-refractivity contribution >= 4 is 44.2 Å². The number of anilines is 2. The van der Waals surface area contributed by atoms with Crippen molar-refractivity contribution in [1.82, 2.24) is 14.5 Å². The van der Waals surface area contributed by atoms with Crippen LogP contribution in [0, 0.1) is 12.7 Å². The molecular formula is C21H19ClFN5O3S. The molecule has 0 aliphatic heterocycles. The Labute approximate surface area is 188 Å². The molecule has 0 fully saturated rings. The molecule has 8 nitrogen and oxygen atoms in total. The number of aliphatic hydroxyl groups is 1. The molecule has 0 saturated heterocycles. The topological polar surface area (TPSA) is 123 Å². The number of rotatable bonds is 5. The molecule has 2 heterocycles. The Morgan fingerprint density at radius 1 is 1.25 bits per heavy atom. The van der Waals surface area contributed by atoms with Gasteiger partial charge in [0, 0.05) is 24.4 Å². The van der Waals surface area contributed by atoms with Crippen LogP contribution in [0.4, 0.5) is 15.9 Å². The third kappa shape index (κ3) is 3.66. The van der Waals surface area contributed by atoms with Crippen molar-refractivity contribution in [2.75, 3.05) is 10.5 Å². The smallest absolute Gasteiger partial charge is 0.263 e. The van der Waals surface area contributed by atoms with E-state index in [0.29, 0.717) is 22.2 Å². The highest BCUT2D eigenvalue weighted by molar-refractivity contribution is 7.92. The summed E-state index contributed by atoms with van der Waals surface area (Å²) in [5, 5.41) is 9.80. The zero-order chi connectivity index (χ0) is 23.2. The normalized spacial score (nSPS) is 11.8. The highest BCUT2D eigenvalue weighted by Gasteiger charge is 2.24. The van der Waals surface area contributed by atoms with E-state index in [-0.39, 0.29) is 32.6 Å². The zero-order valence-corrected chi connectivity index (χ0v) is 18.7. The van der Waals surface area contributed by atoms with Crippen LogP contribution in [0.15, 0.2) is 47.8 Å². The van der Waals surface area contributed by atoms with Gasteiger partial charge in [0.15, 0.2) is 5.82 Å². The minimum atomic E-state index is -4.25. The zero-order valence-electron chi connectivity index (χ0n) is 17.1. The summed E-state index contributed by atoms with van der Waals surface area (Å²) in [4.78, 5) is 7.90. The van der Waals surface area contributed by atoms with E-state index in [4.69, 9.17) is 17.3 Å². The molecule has 4 N–H and O–H groups in total. The number of benzene rings is 2. The minimum absolute atomic E-state index is 0.124. The molecule has 0 atom stereocenters. The molecule has 166 valence electrons. The van der Waals surface area contributed by atoms with Crippen LogP contribution in [0.1, 0.15) is 11.1 Å². The van der Waals surface area contributed by atoms with Gasteiger partial charge in [-0.2, -0.15) is 0 Å². The van der Waals surface area contributed by atoms with Gasteiger partial charge in [0.2, 0.25) is 0 Å². The summed E-state index contributed by atoms with van der Waals surface area (Å²) in [6.45, 7) is 1.24. The first-order valence-corrected chi connectivity index (χ1v) is 11.3. The number of nitrogens with one attached hydrogen (secondary N) is 1. The Morgan fingerprint density at radius 2 is 2.00 bits per heavy atom. The fraction of sp³-hybridized carbons (Fsp3) is 0.143. The van der Waals surface area contributed by atoms with Gasteiger partial charge in [0.25, 0.3) is 10.0 Å². The van der Waals surface area contributed by atoms with E-state index in [2.05, 4.69) is 14.7 Å². The summed E-state index contributed by atoms with van der Waals surface area (Å²) in [7, 11) is -2.52. The summed E-state index contributed by atoms with van der Waals surface area (Å²) in [6, 6.07) is 7.27. The summed E-state index contributed by atoms with van der Waals surface area (Å²) in [6.07, 6.45) is 2.96. The molecule has 0 aliphatic carbocycles. The lowest BCUT2D eigenvalue weighted by Gasteiger charge is -2.14. The summed E-state index contributed by atoms with van der Waals surface area (Å²) < 4.78 is 45.5. The second kappa shape index (κ2) is 8.05. The molecule has 4 rings (SSSR count). The second-order valence-corrected chi connectivity index (χ2v) is 9.31. The molecule has 0 spiro atoms. The van der Waals surface area contributed by atoms with Gasteiger partial charge in [-0.05, 0) is 30.2 Å². The first-order valence-electron chi connectivity index (χ1n) is 9.41. The van der Waals surface area contributed by atoms with Gasteiger partial charge in [-0.25, -0.2) is 22.8 Å². The van der Waals surface area contributed by atoms with Crippen LogP contribution >= 0.6 is 11.6 Å². The van der Waals surface area contributed by atoms with Crippen LogP contribution < -0.4 is 10.5 Å². The molecule has 32 heavy (non-hydrogen) atoms. The van der Waals surface area contributed by atoms with Crippen LogP contribution in [0.25, 0.3) is 22.2 Å². The van der Waals surface area contributed by atoms with Gasteiger partial charge in [-0.15, -0.1) is 0 Å². The Balaban J connectivity index is 1.83. The van der Waals surface area contributed by atoms with Crippen molar-refractivity contribution in [3.05, 3.63) is 64.8 Å². The number of fused-ring (bicyclic) bond motifs is 1. The Bertz CT molecular complexity index is 1470. The van der Waals surface area contributed by atoms with E-state index >= 15 is 4.39 Å². The molecule has 2 aromatic heterocycles. The second-order valence-electron chi connectivity index (χ2n) is 7.28. The van der Waals surface area contributed by atoms with Gasteiger partial charge >= 0.3 is 0 Å². The minimum Gasteiger partial charge on any atom is -0.392 e. The average Bonchev–Trinajstić information content (AvgIpc) is 3.08. The molecule has 0 aliphatic rings. The largest absolute Gasteiger partial charge is 0.392 e. The van der Waals surface area contributed by atoms with Crippen molar-refractivity contribution in [3.8, 4) is 11.1 Å². The standard InChI is InChI=1S/C21H19ClFN5O3S/c1-11-6-12(9-29)18(22)16(7-11)32(30,31)27-15-5-3-4-13(19(15)23)14-8-28(2)21-17(14)20(24)25-10-26-21/h3-8,10,27,29H,9H2,1-2H3,(H2,24,25,26). The number of nitrogen functional groups attached to an aromatic ring is 1. The Morgan fingerprint density at radius 3 is 2.72 bits per heavy atom. The van der Waals surface area contributed by atoms with E-state index < -0.39 is 22.4 Å². The van der Waals surface area contributed by atoms with Crippen LogP contribution in [0.5, 0.6) is 0 Å². The average molecular weight is 476 g/mol. The van der Waals surface area contributed by atoms with Crippen LogP contribution in [0.2, 0.25) is 5.02 Å². The van der Waals surface area contributed by atoms with Crippen molar-refractivity contribution in [2.45, 2.75) is 18.4 Å². The highest BCUT2D eigenvalue weighted by atomic mass is 35.5. The van der Waals surface area contributed by atoms with Crippen LogP contribution in [-0.4, -0.2) is 28.1 Å². The van der Waals surface area contributed by atoms with E-state index in [1.165, 1.54) is 30.6 Å². The molecular weight excluding hydrogens is 457 g/mol. The summed E-state index contributed by atoms with van der Waals surface area (Å²) in [5.74, 6) is -0.614. The van der Waals surface area contributed by atoms with Crippen LogP contribution in [-0.2, 0) is 23.7 Å². The van der Waals surface area contributed by atoms with Gasteiger partial charge in [0.1, 0.15) is 22.7 Å². The van der Waals surface area contributed by atoms with Gasteiger partial charge in [-0.3, -0.25) is 4.72 Å².